The maximum Gasteiger partial charge on any atom is 0.366 e. The van der Waals surface area contributed by atoms with Gasteiger partial charge in [0.1, 0.15) is 0 Å². The Hall–Kier alpha value is -0.690. The molecule has 0 aromatic rings. The molecule has 0 aromatic heterocycles. The van der Waals surface area contributed by atoms with Gasteiger partial charge in [0.15, 0.2) is 6.79 Å². The molecule has 0 aliphatic rings. The van der Waals surface area contributed by atoms with Gasteiger partial charge < -0.3 is 14.6 Å². The lowest BCUT2D eigenvalue weighted by Gasteiger charge is -2.06. The van der Waals surface area contributed by atoms with Crippen molar-refractivity contribution in [1.82, 2.24) is 0 Å². The highest BCUT2D eigenvalue weighted by Gasteiger charge is 2.16. The third-order valence-electron chi connectivity index (χ3n) is 0.728. The first kappa shape index (κ1) is 10.3. The van der Waals surface area contributed by atoms with Crippen LogP contribution in [0.1, 0.15) is 0 Å². The first-order chi connectivity index (χ1) is 5.22. The summed E-state index contributed by atoms with van der Waals surface area (Å²) < 4.78 is 8.50. The van der Waals surface area contributed by atoms with Crippen LogP contribution in [-0.4, -0.2) is 38.4 Å². The fourth-order valence-corrected chi connectivity index (χ4v) is 0.280. The maximum absolute atomic E-state index is 10.4. The zero-order valence-corrected chi connectivity index (χ0v) is 6.27. The van der Waals surface area contributed by atoms with Crippen LogP contribution >= 0.6 is 0 Å². The van der Waals surface area contributed by atoms with Crippen molar-refractivity contribution < 1.29 is 29.1 Å². The lowest BCUT2D eigenvalue weighted by Crippen LogP contribution is -2.25. The minimum atomic E-state index is -1.73. The zero-order valence-electron chi connectivity index (χ0n) is 6.27. The molecule has 6 nitrogen and oxygen atoms in total. The van der Waals surface area contributed by atoms with Gasteiger partial charge in [-0.15, -0.1) is 0 Å². The van der Waals surface area contributed by atoms with E-state index in [1.54, 1.807) is 0 Å². The van der Waals surface area contributed by atoms with Gasteiger partial charge >= 0.3 is 5.97 Å². The number of ether oxygens (including phenoxy) is 2. The van der Waals surface area contributed by atoms with Crippen LogP contribution in [0.5, 0.6) is 0 Å². The van der Waals surface area contributed by atoms with E-state index < -0.39 is 12.3 Å². The number of rotatable bonds is 5. The van der Waals surface area contributed by atoms with Gasteiger partial charge in [0, 0.05) is 7.11 Å². The molecule has 1 atom stereocenters. The van der Waals surface area contributed by atoms with Gasteiger partial charge in [-0.3, -0.25) is 0 Å². The molecule has 0 spiro atoms. The highest BCUT2D eigenvalue weighted by Crippen LogP contribution is 1.90. The number of hydrogen-bond donors (Lipinski definition) is 1. The van der Waals surface area contributed by atoms with Crippen LogP contribution in [0.25, 0.3) is 0 Å². The van der Waals surface area contributed by atoms with Crippen molar-refractivity contribution in [3.05, 3.63) is 0 Å². The van der Waals surface area contributed by atoms with Crippen molar-refractivity contribution >= 4 is 5.97 Å². The highest BCUT2D eigenvalue weighted by molar-refractivity contribution is 5.72. The molecule has 0 aliphatic carbocycles. The largest absolute Gasteiger partial charge is 0.465 e. The average Bonchev–Trinajstić information content (AvgIpc) is 2.03. The Morgan fingerprint density at radius 3 is 2.64 bits per heavy atom. The minimum Gasteiger partial charge on any atom is -0.465 e. The number of carbonyl (C=O) groups is 1. The number of methoxy groups -OCH3 is 2. The monoisotopic (exact) mass is 166 g/mol. The molecular weight excluding hydrogens is 156 g/mol. The molecule has 0 saturated carbocycles. The Kier molecular flexibility index (Phi) is 5.67. The first-order valence-corrected chi connectivity index (χ1v) is 2.75. The Morgan fingerprint density at radius 1 is 1.55 bits per heavy atom. The molecule has 0 bridgehead atoms. The van der Waals surface area contributed by atoms with Gasteiger partial charge in [-0.25, -0.2) is 9.68 Å². The Morgan fingerprint density at radius 2 is 2.18 bits per heavy atom. The van der Waals surface area contributed by atoms with Gasteiger partial charge in [-0.1, -0.05) is 0 Å². The molecule has 11 heavy (non-hydrogen) atoms. The summed E-state index contributed by atoms with van der Waals surface area (Å²) in [5.41, 5.74) is 0. The lowest BCUT2D eigenvalue weighted by molar-refractivity contribution is -0.387. The Balaban J connectivity index is 3.36. The van der Waals surface area contributed by atoms with Crippen LogP contribution in [0.4, 0.5) is 0 Å². The van der Waals surface area contributed by atoms with Gasteiger partial charge in [0.2, 0.25) is 0 Å². The fraction of sp³-hybridized carbons (Fsp3) is 0.800. The molecular formula is C5H10O6. The van der Waals surface area contributed by atoms with E-state index in [2.05, 4.69) is 19.2 Å². The molecule has 0 aliphatic heterocycles. The molecule has 6 heteroatoms. The second-order valence-electron chi connectivity index (χ2n) is 1.50. The van der Waals surface area contributed by atoms with E-state index in [1.165, 1.54) is 7.11 Å². The van der Waals surface area contributed by atoms with Crippen molar-refractivity contribution in [2.45, 2.75) is 6.29 Å². The predicted octanol–water partition coefficient (Wildman–Crippen LogP) is -0.970. The molecule has 0 saturated heterocycles. The normalized spacial score (nSPS) is 12.6. The quantitative estimate of drug-likeness (QED) is 0.186. The number of hydrogen-bond acceptors (Lipinski definition) is 6. The summed E-state index contributed by atoms with van der Waals surface area (Å²) in [6.45, 7) is -0.173. The summed E-state index contributed by atoms with van der Waals surface area (Å²) in [4.78, 5) is 18.7. The molecule has 1 unspecified atom stereocenters. The van der Waals surface area contributed by atoms with E-state index in [0.717, 1.165) is 7.11 Å². The van der Waals surface area contributed by atoms with Gasteiger partial charge in [-0.05, 0) is 0 Å². The summed E-state index contributed by atoms with van der Waals surface area (Å²) in [5, 5.41) is 8.67. The van der Waals surface area contributed by atoms with Gasteiger partial charge in [-0.2, -0.15) is 4.89 Å². The second-order valence-corrected chi connectivity index (χ2v) is 1.50. The van der Waals surface area contributed by atoms with Crippen LogP contribution in [-0.2, 0) is 24.0 Å². The third kappa shape index (κ3) is 4.68. The number of esters is 1. The summed E-state index contributed by atoms with van der Waals surface area (Å²) in [7, 11) is 2.49. The Labute approximate surface area is 63.5 Å². The SMILES string of the molecule is COCOOC(O)C(=O)OC. The number of carbonyl (C=O) groups excluding carboxylic acids is 1. The molecule has 0 heterocycles. The molecule has 0 rings (SSSR count). The van der Waals surface area contributed by atoms with E-state index in [-0.39, 0.29) is 6.79 Å². The van der Waals surface area contributed by atoms with E-state index >= 15 is 0 Å². The second kappa shape index (κ2) is 6.05. The van der Waals surface area contributed by atoms with Crippen LogP contribution < -0.4 is 0 Å². The molecule has 0 amide bonds. The topological polar surface area (TPSA) is 74.2 Å². The standard InChI is InChI=1S/C5H10O6/c1-8-3-10-11-5(7)4(6)9-2/h5,7H,3H2,1-2H3. The molecule has 0 aromatic carbocycles. The van der Waals surface area contributed by atoms with Crippen LogP contribution in [0.15, 0.2) is 0 Å². The lowest BCUT2D eigenvalue weighted by atomic mass is 10.7. The van der Waals surface area contributed by atoms with Crippen LogP contribution in [0.2, 0.25) is 0 Å². The molecule has 0 fully saturated rings. The van der Waals surface area contributed by atoms with Crippen LogP contribution in [0, 0.1) is 0 Å². The van der Waals surface area contributed by atoms with E-state index in [0.29, 0.717) is 0 Å². The summed E-state index contributed by atoms with van der Waals surface area (Å²) in [6.07, 6.45) is -1.73. The van der Waals surface area contributed by atoms with Crippen molar-refractivity contribution in [3.63, 3.8) is 0 Å². The van der Waals surface area contributed by atoms with E-state index in [4.69, 9.17) is 5.11 Å². The predicted molar refractivity (Wildman–Crippen MR) is 32.1 cm³/mol. The first-order valence-electron chi connectivity index (χ1n) is 2.75. The Bertz CT molecular complexity index is 114. The highest BCUT2D eigenvalue weighted by atomic mass is 17.2. The minimum absolute atomic E-state index is 0.173. The molecule has 0 radical (unpaired) electrons. The third-order valence-corrected chi connectivity index (χ3v) is 0.728. The number of aliphatic hydroxyl groups excluding tert-OH is 1. The zero-order chi connectivity index (χ0) is 8.69. The molecule has 66 valence electrons. The van der Waals surface area contributed by atoms with Crippen molar-refractivity contribution in [2.24, 2.45) is 0 Å². The van der Waals surface area contributed by atoms with Gasteiger partial charge in [0.05, 0.1) is 7.11 Å². The fourth-order valence-electron chi connectivity index (χ4n) is 0.280. The molecule has 1 N–H and O–H groups in total. The van der Waals surface area contributed by atoms with Crippen LogP contribution in [0.3, 0.4) is 0 Å². The summed E-state index contributed by atoms with van der Waals surface area (Å²) in [6, 6.07) is 0. The van der Waals surface area contributed by atoms with Crippen molar-refractivity contribution in [3.8, 4) is 0 Å². The summed E-state index contributed by atoms with van der Waals surface area (Å²) >= 11 is 0. The van der Waals surface area contributed by atoms with Crippen molar-refractivity contribution in [1.29, 1.82) is 0 Å². The van der Waals surface area contributed by atoms with E-state index in [1.807, 2.05) is 0 Å². The number of aliphatic hydroxyl groups is 1. The van der Waals surface area contributed by atoms with Gasteiger partial charge in [0.25, 0.3) is 6.29 Å². The smallest absolute Gasteiger partial charge is 0.366 e. The maximum atomic E-state index is 10.4. The average molecular weight is 166 g/mol. The van der Waals surface area contributed by atoms with Crippen molar-refractivity contribution in [2.75, 3.05) is 21.0 Å². The summed E-state index contributed by atoms with van der Waals surface area (Å²) in [5.74, 6) is -0.930. The van der Waals surface area contributed by atoms with E-state index in [9.17, 15) is 4.79 Å².